The first-order chi connectivity index (χ1) is 19.8. The first kappa shape index (κ1) is 30.7. The number of rotatable bonds is 12. The fourth-order valence-electron chi connectivity index (χ4n) is 4.05. The summed E-state index contributed by atoms with van der Waals surface area (Å²) in [6, 6.07) is 20.6. The highest BCUT2D eigenvalue weighted by molar-refractivity contribution is 5.96. The van der Waals surface area contributed by atoms with E-state index in [4.69, 9.17) is 9.47 Å². The number of amides is 4. The SMILES string of the molecule is CCOC(=O)[C@H](Cc1ccccc1)NC(=O)Nc1ccc(C)c(NC(=O)N[C@@H](Cc2ccccc2)C(=O)OCC)c1. The molecule has 2 atom stereocenters. The van der Waals surface area contributed by atoms with Crippen LogP contribution in [0.1, 0.15) is 30.5 Å². The molecule has 4 N–H and O–H groups in total. The molecule has 3 aromatic carbocycles. The van der Waals surface area contributed by atoms with Gasteiger partial charge in [0.05, 0.1) is 13.2 Å². The second-order valence-electron chi connectivity index (χ2n) is 9.22. The molecule has 10 nitrogen and oxygen atoms in total. The molecule has 0 saturated heterocycles. The smallest absolute Gasteiger partial charge is 0.329 e. The molecule has 0 aliphatic heterocycles. The Morgan fingerprint density at radius 2 is 1.12 bits per heavy atom. The highest BCUT2D eigenvalue weighted by Gasteiger charge is 2.24. The second-order valence-corrected chi connectivity index (χ2v) is 9.22. The van der Waals surface area contributed by atoms with E-state index in [0.717, 1.165) is 16.7 Å². The molecular weight excluding hydrogens is 524 g/mol. The van der Waals surface area contributed by atoms with Crippen molar-refractivity contribution in [1.82, 2.24) is 10.6 Å². The molecule has 0 spiro atoms. The summed E-state index contributed by atoms with van der Waals surface area (Å²) in [4.78, 5) is 50.7. The number of benzene rings is 3. The van der Waals surface area contributed by atoms with Crippen LogP contribution < -0.4 is 21.3 Å². The van der Waals surface area contributed by atoms with Gasteiger partial charge in [0.15, 0.2) is 0 Å². The summed E-state index contributed by atoms with van der Waals surface area (Å²) in [5.41, 5.74) is 3.28. The number of aryl methyl sites for hydroxylation is 1. The van der Waals surface area contributed by atoms with E-state index < -0.39 is 36.1 Å². The Hall–Kier alpha value is -4.86. The average Bonchev–Trinajstić information content (AvgIpc) is 2.95. The molecule has 4 amide bonds. The van der Waals surface area contributed by atoms with Crippen molar-refractivity contribution in [3.63, 3.8) is 0 Å². The molecule has 3 rings (SSSR count). The minimum Gasteiger partial charge on any atom is -0.464 e. The van der Waals surface area contributed by atoms with Gasteiger partial charge in [0.2, 0.25) is 0 Å². The van der Waals surface area contributed by atoms with Crippen LogP contribution in [0.5, 0.6) is 0 Å². The molecule has 0 fully saturated rings. The molecular formula is C31H36N4O6. The summed E-state index contributed by atoms with van der Waals surface area (Å²) in [5.74, 6) is -1.08. The van der Waals surface area contributed by atoms with E-state index in [1.807, 2.05) is 60.7 Å². The molecule has 3 aromatic rings. The lowest BCUT2D eigenvalue weighted by atomic mass is 10.1. The molecule has 0 saturated carbocycles. The number of anilines is 2. The van der Waals surface area contributed by atoms with Crippen molar-refractivity contribution in [1.29, 1.82) is 0 Å². The number of hydrogen-bond donors (Lipinski definition) is 4. The van der Waals surface area contributed by atoms with Crippen molar-refractivity contribution in [3.8, 4) is 0 Å². The summed E-state index contributed by atoms with van der Waals surface area (Å²) in [5, 5.41) is 10.8. The van der Waals surface area contributed by atoms with E-state index in [0.29, 0.717) is 11.4 Å². The Bertz CT molecular complexity index is 1320. The number of hydrogen-bond acceptors (Lipinski definition) is 6. The van der Waals surface area contributed by atoms with Gasteiger partial charge in [-0.3, -0.25) is 0 Å². The van der Waals surface area contributed by atoms with Gasteiger partial charge in [-0.25, -0.2) is 19.2 Å². The average molecular weight is 561 g/mol. The number of nitrogens with one attached hydrogen (secondary N) is 4. The summed E-state index contributed by atoms with van der Waals surface area (Å²) in [7, 11) is 0. The second kappa shape index (κ2) is 15.7. The van der Waals surface area contributed by atoms with Crippen molar-refractivity contribution >= 4 is 35.4 Å². The first-order valence-electron chi connectivity index (χ1n) is 13.5. The monoisotopic (exact) mass is 560 g/mol. The lowest BCUT2D eigenvalue weighted by Crippen LogP contribution is -2.45. The topological polar surface area (TPSA) is 135 Å². The van der Waals surface area contributed by atoms with E-state index in [1.165, 1.54) is 0 Å². The Labute approximate surface area is 239 Å². The molecule has 216 valence electrons. The van der Waals surface area contributed by atoms with Crippen molar-refractivity contribution in [3.05, 3.63) is 95.6 Å². The summed E-state index contributed by atoms with van der Waals surface area (Å²) in [6.45, 7) is 5.57. The van der Waals surface area contributed by atoms with Gasteiger partial charge < -0.3 is 30.7 Å². The third-order valence-electron chi connectivity index (χ3n) is 6.06. The molecule has 41 heavy (non-hydrogen) atoms. The zero-order chi connectivity index (χ0) is 29.6. The molecule has 0 heterocycles. The van der Waals surface area contributed by atoms with Crippen molar-refractivity contribution in [2.24, 2.45) is 0 Å². The molecule has 0 aliphatic rings. The molecule has 0 unspecified atom stereocenters. The molecule has 0 aliphatic carbocycles. The van der Waals surface area contributed by atoms with E-state index in [2.05, 4.69) is 21.3 Å². The maximum Gasteiger partial charge on any atom is 0.329 e. The predicted molar refractivity (Wildman–Crippen MR) is 157 cm³/mol. The van der Waals surface area contributed by atoms with Gasteiger partial charge in [-0.15, -0.1) is 0 Å². The zero-order valence-electron chi connectivity index (χ0n) is 23.4. The van der Waals surface area contributed by atoms with E-state index >= 15 is 0 Å². The van der Waals surface area contributed by atoms with Crippen LogP contribution in [0.4, 0.5) is 21.0 Å². The van der Waals surface area contributed by atoms with Gasteiger partial charge in [-0.1, -0.05) is 66.7 Å². The minimum absolute atomic E-state index is 0.185. The van der Waals surface area contributed by atoms with Crippen LogP contribution in [0.15, 0.2) is 78.9 Å². The number of carbonyl (C=O) groups is 4. The summed E-state index contributed by atoms with van der Waals surface area (Å²) < 4.78 is 10.3. The molecule has 0 radical (unpaired) electrons. The fourth-order valence-corrected chi connectivity index (χ4v) is 4.05. The van der Waals surface area contributed by atoms with Crippen LogP contribution in [0, 0.1) is 6.92 Å². The van der Waals surface area contributed by atoms with Crippen molar-refractivity contribution in [2.45, 2.75) is 45.7 Å². The van der Waals surface area contributed by atoms with E-state index in [1.54, 1.807) is 39.0 Å². The number of urea groups is 2. The zero-order valence-corrected chi connectivity index (χ0v) is 23.4. The highest BCUT2D eigenvalue weighted by Crippen LogP contribution is 2.20. The van der Waals surface area contributed by atoms with Gasteiger partial charge in [-0.2, -0.15) is 0 Å². The standard InChI is InChI=1S/C31H36N4O6/c1-4-40-28(36)26(18-22-12-8-6-9-13-22)34-30(38)32-24-17-16-21(3)25(20-24)33-31(39)35-27(29(37)41-5-2)19-23-14-10-7-11-15-23/h6-17,20,26-27H,4-5,18-19H2,1-3H3,(H2,32,34,38)(H2,33,35,39)/t26-,27-/m0/s1. The van der Waals surface area contributed by atoms with Gasteiger partial charge in [0.1, 0.15) is 12.1 Å². The fraction of sp³-hybridized carbons (Fsp3) is 0.290. The number of ether oxygens (including phenoxy) is 2. The minimum atomic E-state index is -0.894. The van der Waals surface area contributed by atoms with Crippen LogP contribution in [0.25, 0.3) is 0 Å². The third-order valence-corrected chi connectivity index (χ3v) is 6.06. The Balaban J connectivity index is 1.66. The molecule has 10 heteroatoms. The lowest BCUT2D eigenvalue weighted by molar-refractivity contribution is -0.146. The highest BCUT2D eigenvalue weighted by atomic mass is 16.5. The first-order valence-corrected chi connectivity index (χ1v) is 13.5. The van der Waals surface area contributed by atoms with Crippen LogP contribution in [0.2, 0.25) is 0 Å². The quantitative estimate of drug-likeness (QED) is 0.240. The largest absolute Gasteiger partial charge is 0.464 e. The van der Waals surface area contributed by atoms with E-state index in [-0.39, 0.29) is 26.1 Å². The van der Waals surface area contributed by atoms with Gasteiger partial charge in [0, 0.05) is 24.2 Å². The Kier molecular flexibility index (Phi) is 11.7. The van der Waals surface area contributed by atoms with Crippen LogP contribution in [-0.2, 0) is 31.9 Å². The Morgan fingerprint density at radius 1 is 0.659 bits per heavy atom. The van der Waals surface area contributed by atoms with Crippen LogP contribution >= 0.6 is 0 Å². The van der Waals surface area contributed by atoms with Gasteiger partial charge in [0.25, 0.3) is 0 Å². The van der Waals surface area contributed by atoms with Gasteiger partial charge in [-0.05, 0) is 49.6 Å². The lowest BCUT2D eigenvalue weighted by Gasteiger charge is -2.19. The number of esters is 2. The predicted octanol–water partition coefficient (Wildman–Crippen LogP) is 4.59. The maximum atomic E-state index is 12.9. The van der Waals surface area contributed by atoms with Crippen molar-refractivity contribution < 1.29 is 28.7 Å². The Morgan fingerprint density at radius 3 is 1.59 bits per heavy atom. The summed E-state index contributed by atoms with van der Waals surface area (Å²) >= 11 is 0. The molecule has 0 aromatic heterocycles. The van der Waals surface area contributed by atoms with Gasteiger partial charge >= 0.3 is 24.0 Å². The van der Waals surface area contributed by atoms with Crippen LogP contribution in [0.3, 0.4) is 0 Å². The van der Waals surface area contributed by atoms with E-state index in [9.17, 15) is 19.2 Å². The van der Waals surface area contributed by atoms with Crippen molar-refractivity contribution in [2.75, 3.05) is 23.8 Å². The van der Waals surface area contributed by atoms with Crippen LogP contribution in [-0.4, -0.2) is 49.3 Å². The maximum absolute atomic E-state index is 12.9. The number of carbonyl (C=O) groups excluding carboxylic acids is 4. The third kappa shape index (κ3) is 9.99. The normalized spacial score (nSPS) is 11.9. The molecule has 0 bridgehead atoms. The summed E-state index contributed by atoms with van der Waals surface area (Å²) in [6.07, 6.45) is 0.525.